The fourth-order valence-electron chi connectivity index (χ4n) is 2.21. The van der Waals surface area contributed by atoms with Gasteiger partial charge < -0.3 is 20.1 Å². The second-order valence-electron chi connectivity index (χ2n) is 5.16. The van der Waals surface area contributed by atoms with E-state index in [2.05, 4.69) is 10.6 Å². The Hall–Kier alpha value is -2.69. The summed E-state index contributed by atoms with van der Waals surface area (Å²) in [4.78, 5) is 12.0. The van der Waals surface area contributed by atoms with Gasteiger partial charge in [0, 0.05) is 24.7 Å². The second-order valence-corrected chi connectivity index (χ2v) is 5.16. The van der Waals surface area contributed by atoms with Crippen molar-refractivity contribution in [2.45, 2.75) is 13.3 Å². The Morgan fingerprint density at radius 3 is 2.61 bits per heavy atom. The highest BCUT2D eigenvalue weighted by Crippen LogP contribution is 2.28. The summed E-state index contributed by atoms with van der Waals surface area (Å²) in [6, 6.07) is 13.2. The lowest BCUT2D eigenvalue weighted by molar-refractivity contribution is -0.115. The van der Waals surface area contributed by atoms with Crippen LogP contribution in [0.25, 0.3) is 0 Å². The summed E-state index contributed by atoms with van der Waals surface area (Å²) in [7, 11) is 3.22. The highest BCUT2D eigenvalue weighted by Gasteiger charge is 2.06. The molecule has 0 spiro atoms. The maximum absolute atomic E-state index is 12.0. The molecule has 2 N–H and O–H groups in total. The van der Waals surface area contributed by atoms with E-state index < -0.39 is 0 Å². The van der Waals surface area contributed by atoms with Gasteiger partial charge in [-0.3, -0.25) is 4.79 Å². The molecule has 0 saturated carbocycles. The third-order valence-electron chi connectivity index (χ3n) is 3.38. The number of amides is 1. The van der Waals surface area contributed by atoms with Gasteiger partial charge >= 0.3 is 0 Å². The maximum Gasteiger partial charge on any atom is 0.226 e. The van der Waals surface area contributed by atoms with Crippen molar-refractivity contribution in [2.24, 2.45) is 0 Å². The molecule has 1 amide bonds. The van der Waals surface area contributed by atoms with E-state index >= 15 is 0 Å². The predicted octanol–water partition coefficient (Wildman–Crippen LogP) is 3.45. The van der Waals surface area contributed by atoms with Crippen LogP contribution in [0.4, 0.5) is 11.4 Å². The Bertz CT molecular complexity index is 671. The molecule has 0 aliphatic rings. The largest absolute Gasteiger partial charge is 0.497 e. The van der Waals surface area contributed by atoms with E-state index in [0.717, 1.165) is 22.7 Å². The molecule has 0 bridgehead atoms. The van der Waals surface area contributed by atoms with Crippen LogP contribution in [0.1, 0.15) is 12.0 Å². The summed E-state index contributed by atoms with van der Waals surface area (Å²) >= 11 is 0. The Kier molecular flexibility index (Phi) is 5.86. The molecule has 0 aliphatic heterocycles. The first-order chi connectivity index (χ1) is 11.1. The molecule has 2 aromatic rings. The Labute approximate surface area is 136 Å². The molecule has 0 heterocycles. The zero-order valence-corrected chi connectivity index (χ0v) is 13.7. The van der Waals surface area contributed by atoms with Crippen molar-refractivity contribution in [1.82, 2.24) is 0 Å². The normalized spacial score (nSPS) is 10.0. The summed E-state index contributed by atoms with van der Waals surface area (Å²) in [6.07, 6.45) is 0.355. The average Bonchev–Trinajstić information content (AvgIpc) is 2.54. The minimum Gasteiger partial charge on any atom is -0.497 e. The third-order valence-corrected chi connectivity index (χ3v) is 3.38. The van der Waals surface area contributed by atoms with Crippen molar-refractivity contribution >= 4 is 17.3 Å². The van der Waals surface area contributed by atoms with E-state index in [9.17, 15) is 4.79 Å². The van der Waals surface area contributed by atoms with Crippen LogP contribution in [0.5, 0.6) is 11.5 Å². The van der Waals surface area contributed by atoms with Gasteiger partial charge in [-0.1, -0.05) is 12.1 Å². The summed E-state index contributed by atoms with van der Waals surface area (Å²) in [5.41, 5.74) is 2.73. The molecular formula is C18H22N2O3. The summed E-state index contributed by atoms with van der Waals surface area (Å²) in [6.45, 7) is 2.49. The number of hydrogen-bond acceptors (Lipinski definition) is 4. The number of methoxy groups -OCH3 is 2. The molecule has 23 heavy (non-hydrogen) atoms. The van der Waals surface area contributed by atoms with Crippen LogP contribution in [-0.4, -0.2) is 26.7 Å². The van der Waals surface area contributed by atoms with Gasteiger partial charge in [0.15, 0.2) is 0 Å². The molecule has 5 heteroatoms. The highest BCUT2D eigenvalue weighted by molar-refractivity contribution is 5.91. The number of nitrogens with one attached hydrogen (secondary N) is 2. The quantitative estimate of drug-likeness (QED) is 0.822. The van der Waals surface area contributed by atoms with Crippen LogP contribution >= 0.6 is 0 Å². The van der Waals surface area contributed by atoms with Gasteiger partial charge in [0.1, 0.15) is 11.5 Å². The van der Waals surface area contributed by atoms with E-state index in [1.807, 2.05) is 49.4 Å². The molecule has 5 nitrogen and oxygen atoms in total. The minimum atomic E-state index is -0.0371. The first-order valence-corrected chi connectivity index (χ1v) is 7.45. The van der Waals surface area contributed by atoms with E-state index in [1.165, 1.54) is 0 Å². The number of ether oxygens (including phenoxy) is 2. The zero-order chi connectivity index (χ0) is 16.7. The van der Waals surface area contributed by atoms with Crippen LogP contribution < -0.4 is 20.1 Å². The van der Waals surface area contributed by atoms with E-state index in [1.54, 1.807) is 14.2 Å². The van der Waals surface area contributed by atoms with Crippen molar-refractivity contribution < 1.29 is 14.3 Å². The second kappa shape index (κ2) is 8.08. The van der Waals surface area contributed by atoms with Crippen LogP contribution in [0.3, 0.4) is 0 Å². The Morgan fingerprint density at radius 2 is 1.91 bits per heavy atom. The number of aryl methyl sites for hydroxylation is 1. The van der Waals surface area contributed by atoms with Crippen molar-refractivity contribution in [1.29, 1.82) is 0 Å². The molecule has 2 rings (SSSR count). The molecule has 0 atom stereocenters. The minimum absolute atomic E-state index is 0.0371. The van der Waals surface area contributed by atoms with Gasteiger partial charge in [0.25, 0.3) is 0 Å². The number of benzene rings is 2. The van der Waals surface area contributed by atoms with Gasteiger partial charge in [0.05, 0.1) is 19.9 Å². The number of anilines is 2. The van der Waals surface area contributed by atoms with Crippen LogP contribution in [0, 0.1) is 6.92 Å². The molecular weight excluding hydrogens is 292 g/mol. The molecule has 122 valence electrons. The van der Waals surface area contributed by atoms with Gasteiger partial charge in [0.2, 0.25) is 5.91 Å². The molecule has 2 aromatic carbocycles. The standard InChI is InChI=1S/C18H22N2O3/c1-13-5-4-6-14(11-13)20-18(21)9-10-19-16-12-15(22-2)7-8-17(16)23-3/h4-8,11-12,19H,9-10H2,1-3H3,(H,20,21). The fraction of sp³-hybridized carbons (Fsp3) is 0.278. The smallest absolute Gasteiger partial charge is 0.226 e. The topological polar surface area (TPSA) is 59.6 Å². The fourth-order valence-corrected chi connectivity index (χ4v) is 2.21. The van der Waals surface area contributed by atoms with Crippen LogP contribution in [-0.2, 0) is 4.79 Å². The number of rotatable bonds is 7. The van der Waals surface area contributed by atoms with E-state index in [-0.39, 0.29) is 5.91 Å². The number of hydrogen-bond donors (Lipinski definition) is 2. The SMILES string of the molecule is COc1ccc(OC)c(NCCC(=O)Nc2cccc(C)c2)c1. The average molecular weight is 314 g/mol. The van der Waals surface area contributed by atoms with E-state index in [4.69, 9.17) is 9.47 Å². The van der Waals surface area contributed by atoms with E-state index in [0.29, 0.717) is 18.7 Å². The number of carbonyl (C=O) groups is 1. The molecule has 0 radical (unpaired) electrons. The number of carbonyl (C=O) groups excluding carboxylic acids is 1. The Balaban J connectivity index is 1.88. The van der Waals surface area contributed by atoms with Crippen LogP contribution in [0.2, 0.25) is 0 Å². The summed E-state index contributed by atoms with van der Waals surface area (Å²) in [5, 5.41) is 6.09. The van der Waals surface area contributed by atoms with Gasteiger partial charge in [-0.15, -0.1) is 0 Å². The molecule has 0 aromatic heterocycles. The van der Waals surface area contributed by atoms with Crippen LogP contribution in [0.15, 0.2) is 42.5 Å². The van der Waals surface area contributed by atoms with Gasteiger partial charge in [-0.25, -0.2) is 0 Å². The molecule has 0 fully saturated rings. The lowest BCUT2D eigenvalue weighted by atomic mass is 10.2. The van der Waals surface area contributed by atoms with Crippen molar-refractivity contribution in [2.75, 3.05) is 31.4 Å². The van der Waals surface area contributed by atoms with Crippen molar-refractivity contribution in [3.05, 3.63) is 48.0 Å². The summed E-state index contributed by atoms with van der Waals surface area (Å²) in [5.74, 6) is 1.41. The van der Waals surface area contributed by atoms with Gasteiger partial charge in [-0.05, 0) is 36.8 Å². The molecule has 0 aliphatic carbocycles. The molecule has 0 saturated heterocycles. The van der Waals surface area contributed by atoms with Crippen molar-refractivity contribution in [3.8, 4) is 11.5 Å². The Morgan fingerprint density at radius 1 is 1.09 bits per heavy atom. The third kappa shape index (κ3) is 4.92. The van der Waals surface area contributed by atoms with Crippen molar-refractivity contribution in [3.63, 3.8) is 0 Å². The van der Waals surface area contributed by atoms with Gasteiger partial charge in [-0.2, -0.15) is 0 Å². The monoisotopic (exact) mass is 314 g/mol. The lowest BCUT2D eigenvalue weighted by Gasteiger charge is -2.12. The maximum atomic E-state index is 12.0. The lowest BCUT2D eigenvalue weighted by Crippen LogP contribution is -2.16. The zero-order valence-electron chi connectivity index (χ0n) is 13.7. The summed E-state index contributed by atoms with van der Waals surface area (Å²) < 4.78 is 10.5. The first-order valence-electron chi connectivity index (χ1n) is 7.45. The molecule has 0 unspecified atom stereocenters. The highest BCUT2D eigenvalue weighted by atomic mass is 16.5. The predicted molar refractivity (Wildman–Crippen MR) is 92.5 cm³/mol. The first kappa shape index (κ1) is 16.7.